The zero-order valence-electron chi connectivity index (χ0n) is 19.4. The van der Waals surface area contributed by atoms with Crippen molar-refractivity contribution in [2.24, 2.45) is 0 Å². The number of hydrogen-bond acceptors (Lipinski definition) is 5. The molecular formula is C25H27N5O3. The van der Waals surface area contributed by atoms with E-state index < -0.39 is 11.6 Å². The number of amides is 1. The molecule has 2 aromatic carbocycles. The van der Waals surface area contributed by atoms with Crippen LogP contribution in [0.4, 0.5) is 0 Å². The van der Waals surface area contributed by atoms with Gasteiger partial charge in [-0.25, -0.2) is 9.36 Å². The number of fused-ring (bicyclic) bond motifs is 1. The van der Waals surface area contributed by atoms with E-state index in [-0.39, 0.29) is 5.91 Å². The van der Waals surface area contributed by atoms with Crippen LogP contribution < -0.4 is 15.6 Å². The first kappa shape index (κ1) is 22.3. The third-order valence-electron chi connectivity index (χ3n) is 5.77. The van der Waals surface area contributed by atoms with Crippen LogP contribution in [0.5, 0.6) is 5.75 Å². The van der Waals surface area contributed by atoms with Crippen LogP contribution in [0.25, 0.3) is 16.6 Å². The van der Waals surface area contributed by atoms with E-state index in [1.807, 2.05) is 69.3 Å². The maximum Gasteiger partial charge on any atom is 0.295 e. The fraction of sp³-hybridized carbons (Fsp3) is 0.280. The van der Waals surface area contributed by atoms with Gasteiger partial charge >= 0.3 is 0 Å². The van der Waals surface area contributed by atoms with Crippen LogP contribution in [-0.2, 0) is 11.3 Å². The van der Waals surface area contributed by atoms with Gasteiger partial charge < -0.3 is 10.1 Å². The van der Waals surface area contributed by atoms with Gasteiger partial charge in [-0.05, 0) is 57.5 Å². The minimum Gasteiger partial charge on any atom is -0.497 e. The topological polar surface area (TPSA) is 91.0 Å². The summed E-state index contributed by atoms with van der Waals surface area (Å²) in [6.07, 6.45) is 0. The summed E-state index contributed by atoms with van der Waals surface area (Å²) >= 11 is 0. The maximum absolute atomic E-state index is 13.3. The van der Waals surface area contributed by atoms with Gasteiger partial charge in [0, 0.05) is 6.54 Å². The second-order valence-electron chi connectivity index (χ2n) is 8.14. The van der Waals surface area contributed by atoms with Gasteiger partial charge in [-0.1, -0.05) is 29.8 Å². The van der Waals surface area contributed by atoms with Crippen molar-refractivity contribution in [3.05, 3.63) is 81.4 Å². The summed E-state index contributed by atoms with van der Waals surface area (Å²) in [6, 6.07) is 14.6. The Morgan fingerprint density at radius 2 is 1.82 bits per heavy atom. The number of nitrogens with one attached hydrogen (secondary N) is 1. The van der Waals surface area contributed by atoms with Gasteiger partial charge in [-0.15, -0.1) is 0 Å². The molecule has 0 saturated carbocycles. The Morgan fingerprint density at radius 3 is 2.52 bits per heavy atom. The lowest BCUT2D eigenvalue weighted by Gasteiger charge is -2.15. The molecule has 1 N–H and O–H groups in total. The smallest absolute Gasteiger partial charge is 0.295 e. The first-order valence-electron chi connectivity index (χ1n) is 10.8. The summed E-state index contributed by atoms with van der Waals surface area (Å²) in [5.74, 6) is 0.411. The van der Waals surface area contributed by atoms with Crippen LogP contribution in [0, 0.1) is 20.8 Å². The van der Waals surface area contributed by atoms with Gasteiger partial charge in [0.2, 0.25) is 5.91 Å². The summed E-state index contributed by atoms with van der Waals surface area (Å²) in [5.41, 5.74) is 4.29. The van der Waals surface area contributed by atoms with E-state index in [0.29, 0.717) is 28.9 Å². The Labute approximate surface area is 191 Å². The second kappa shape index (κ2) is 8.90. The largest absolute Gasteiger partial charge is 0.497 e. The number of methoxy groups -OCH3 is 1. The van der Waals surface area contributed by atoms with Gasteiger partial charge in [0.25, 0.3) is 5.56 Å². The van der Waals surface area contributed by atoms with E-state index in [9.17, 15) is 9.59 Å². The van der Waals surface area contributed by atoms with Crippen molar-refractivity contribution in [1.29, 1.82) is 0 Å². The van der Waals surface area contributed by atoms with Gasteiger partial charge in [0.1, 0.15) is 11.8 Å². The van der Waals surface area contributed by atoms with E-state index in [1.54, 1.807) is 18.7 Å². The maximum atomic E-state index is 13.3. The minimum atomic E-state index is -0.795. The molecule has 2 heterocycles. The van der Waals surface area contributed by atoms with Crippen LogP contribution >= 0.6 is 0 Å². The number of aromatic nitrogens is 4. The Balaban J connectivity index is 1.64. The Hall–Kier alpha value is -3.94. The van der Waals surface area contributed by atoms with E-state index in [4.69, 9.17) is 4.74 Å². The minimum absolute atomic E-state index is 0.299. The molecule has 0 aliphatic carbocycles. The third kappa shape index (κ3) is 4.24. The predicted octanol–water partition coefficient (Wildman–Crippen LogP) is 3.39. The molecule has 4 rings (SSSR count). The molecule has 0 saturated heterocycles. The molecule has 33 heavy (non-hydrogen) atoms. The quantitative estimate of drug-likeness (QED) is 0.491. The van der Waals surface area contributed by atoms with Crippen molar-refractivity contribution >= 4 is 16.8 Å². The van der Waals surface area contributed by atoms with Crippen LogP contribution in [0.3, 0.4) is 0 Å². The lowest BCUT2D eigenvalue weighted by molar-refractivity contribution is -0.124. The Bertz CT molecular complexity index is 1390. The molecule has 8 heteroatoms. The number of aryl methyl sites for hydroxylation is 3. The number of carbonyl (C=O) groups excluding carboxylic acids is 1. The van der Waals surface area contributed by atoms with Gasteiger partial charge in [0.15, 0.2) is 5.52 Å². The molecule has 0 radical (unpaired) electrons. The highest BCUT2D eigenvalue weighted by molar-refractivity contribution is 5.84. The normalized spacial score (nSPS) is 12.0. The Morgan fingerprint density at radius 1 is 1.09 bits per heavy atom. The summed E-state index contributed by atoms with van der Waals surface area (Å²) in [7, 11) is 1.60. The number of ether oxygens (including phenoxy) is 1. The van der Waals surface area contributed by atoms with Crippen molar-refractivity contribution < 1.29 is 9.53 Å². The molecule has 170 valence electrons. The highest BCUT2D eigenvalue weighted by Gasteiger charge is 2.23. The Kier molecular flexibility index (Phi) is 6.00. The zero-order valence-corrected chi connectivity index (χ0v) is 19.4. The van der Waals surface area contributed by atoms with E-state index in [2.05, 4.69) is 15.5 Å². The van der Waals surface area contributed by atoms with Crippen molar-refractivity contribution in [3.8, 4) is 11.4 Å². The van der Waals surface area contributed by atoms with Crippen molar-refractivity contribution in [1.82, 2.24) is 24.9 Å². The van der Waals surface area contributed by atoms with E-state index >= 15 is 0 Å². The third-order valence-corrected chi connectivity index (χ3v) is 5.77. The lowest BCUT2D eigenvalue weighted by Crippen LogP contribution is -2.37. The standard InChI is InChI=1S/C25H27N5O3/c1-15-9-11-20(12-10-15)29-17(3)22-16(2)27-30(25(32)23(22)28-29)18(4)24(31)26-14-19-7-6-8-21(13-19)33-5/h6-13,18H,14H2,1-5H3,(H,26,31)/t18-/m0/s1. The number of rotatable bonds is 6. The van der Waals surface area contributed by atoms with Crippen LogP contribution in [0.1, 0.15) is 35.5 Å². The molecule has 0 unspecified atom stereocenters. The van der Waals surface area contributed by atoms with Crippen LogP contribution in [-0.4, -0.2) is 32.6 Å². The van der Waals surface area contributed by atoms with Gasteiger partial charge in [0.05, 0.1) is 29.6 Å². The fourth-order valence-electron chi connectivity index (χ4n) is 3.88. The molecule has 0 aliphatic rings. The number of nitrogens with zero attached hydrogens (tertiary/aromatic N) is 4. The molecule has 2 aromatic heterocycles. The molecule has 1 amide bonds. The first-order valence-corrected chi connectivity index (χ1v) is 10.8. The SMILES string of the molecule is COc1cccc(CNC(=O)[C@H](C)n2nc(C)c3c(C)n(-c4ccc(C)cc4)nc3c2=O)c1. The van der Waals surface area contributed by atoms with Gasteiger partial charge in [-0.2, -0.15) is 10.2 Å². The van der Waals surface area contributed by atoms with Crippen molar-refractivity contribution in [2.75, 3.05) is 7.11 Å². The molecule has 0 bridgehead atoms. The molecule has 0 spiro atoms. The molecule has 8 nitrogen and oxygen atoms in total. The highest BCUT2D eigenvalue weighted by atomic mass is 16.5. The predicted molar refractivity (Wildman–Crippen MR) is 127 cm³/mol. The van der Waals surface area contributed by atoms with E-state index in [1.165, 1.54) is 4.68 Å². The van der Waals surface area contributed by atoms with Crippen LogP contribution in [0.15, 0.2) is 53.3 Å². The van der Waals surface area contributed by atoms with E-state index in [0.717, 1.165) is 22.5 Å². The van der Waals surface area contributed by atoms with Gasteiger partial charge in [-0.3, -0.25) is 9.59 Å². The zero-order chi connectivity index (χ0) is 23.7. The van der Waals surface area contributed by atoms with Crippen molar-refractivity contribution in [2.45, 2.75) is 40.3 Å². The number of carbonyl (C=O) groups is 1. The summed E-state index contributed by atoms with van der Waals surface area (Å²) < 4.78 is 8.18. The highest BCUT2D eigenvalue weighted by Crippen LogP contribution is 2.22. The monoisotopic (exact) mass is 445 g/mol. The first-order chi connectivity index (χ1) is 15.8. The number of hydrogen-bond donors (Lipinski definition) is 1. The molecular weight excluding hydrogens is 418 g/mol. The van der Waals surface area contributed by atoms with Crippen LogP contribution in [0.2, 0.25) is 0 Å². The number of benzene rings is 2. The fourth-order valence-corrected chi connectivity index (χ4v) is 3.88. The molecule has 0 fully saturated rings. The molecule has 0 aliphatic heterocycles. The lowest BCUT2D eigenvalue weighted by atomic mass is 10.2. The summed E-state index contributed by atoms with van der Waals surface area (Å²) in [5, 5.41) is 12.6. The summed E-state index contributed by atoms with van der Waals surface area (Å²) in [6.45, 7) is 7.73. The molecule has 4 aromatic rings. The molecule has 1 atom stereocenters. The average molecular weight is 446 g/mol. The summed E-state index contributed by atoms with van der Waals surface area (Å²) in [4.78, 5) is 26.1. The second-order valence-corrected chi connectivity index (χ2v) is 8.14. The van der Waals surface area contributed by atoms with Crippen molar-refractivity contribution in [3.63, 3.8) is 0 Å². The average Bonchev–Trinajstić information content (AvgIpc) is 3.18.